The third-order valence-electron chi connectivity index (χ3n) is 5.42. The predicted molar refractivity (Wildman–Crippen MR) is 142 cm³/mol. The van der Waals surface area contributed by atoms with E-state index in [1.807, 2.05) is 62.4 Å². The summed E-state index contributed by atoms with van der Waals surface area (Å²) in [5.74, 6) is -1.18. The molecule has 0 saturated heterocycles. The van der Waals surface area contributed by atoms with Gasteiger partial charge in [-0.25, -0.2) is 5.43 Å². The summed E-state index contributed by atoms with van der Waals surface area (Å²) < 4.78 is 11.0. The second-order valence-electron chi connectivity index (χ2n) is 8.20. The van der Waals surface area contributed by atoms with Crippen LogP contribution in [0.1, 0.15) is 22.3 Å². The van der Waals surface area contributed by atoms with E-state index in [4.69, 9.17) is 9.47 Å². The molecule has 3 aromatic rings. The van der Waals surface area contributed by atoms with Crippen LogP contribution in [0.4, 0.5) is 5.69 Å². The lowest BCUT2D eigenvalue weighted by atomic mass is 10.1. The summed E-state index contributed by atoms with van der Waals surface area (Å²) >= 11 is 0. The predicted octanol–water partition coefficient (Wildman–Crippen LogP) is 3.14. The number of hydrazone groups is 1. The number of carbonyl (C=O) groups excluding carboxylic acids is 3. The van der Waals surface area contributed by atoms with Crippen molar-refractivity contribution in [2.45, 2.75) is 20.3 Å². The maximum Gasteiger partial charge on any atom is 0.329 e. The van der Waals surface area contributed by atoms with E-state index in [1.54, 1.807) is 18.2 Å². The molecule has 0 atom stereocenters. The van der Waals surface area contributed by atoms with E-state index in [1.165, 1.54) is 13.3 Å². The fraction of sp³-hybridized carbons (Fsp3) is 0.214. The molecule has 0 bridgehead atoms. The first-order valence-corrected chi connectivity index (χ1v) is 11.7. The number of anilines is 1. The van der Waals surface area contributed by atoms with Crippen molar-refractivity contribution in [1.82, 2.24) is 10.7 Å². The van der Waals surface area contributed by atoms with Crippen molar-refractivity contribution in [3.63, 3.8) is 0 Å². The van der Waals surface area contributed by atoms with Crippen LogP contribution in [0, 0.1) is 13.8 Å². The summed E-state index contributed by atoms with van der Waals surface area (Å²) in [5.41, 5.74) is 6.54. The number of ether oxygens (including phenoxy) is 2. The summed E-state index contributed by atoms with van der Waals surface area (Å²) in [6.45, 7) is 3.98. The van der Waals surface area contributed by atoms with Gasteiger partial charge in [0.1, 0.15) is 0 Å². The number of amides is 3. The van der Waals surface area contributed by atoms with Crippen LogP contribution in [0.15, 0.2) is 71.8 Å². The van der Waals surface area contributed by atoms with Gasteiger partial charge in [-0.2, -0.15) is 5.10 Å². The fourth-order valence-electron chi connectivity index (χ4n) is 3.48. The molecule has 0 spiro atoms. The first-order valence-electron chi connectivity index (χ1n) is 11.7. The minimum Gasteiger partial charge on any atom is -0.493 e. The minimum absolute atomic E-state index is 0.201. The van der Waals surface area contributed by atoms with Gasteiger partial charge in [-0.05, 0) is 60.7 Å². The highest BCUT2D eigenvalue weighted by molar-refractivity contribution is 6.35. The number of rotatable bonds is 10. The fourth-order valence-corrected chi connectivity index (χ4v) is 3.48. The van der Waals surface area contributed by atoms with Crippen molar-refractivity contribution < 1.29 is 23.9 Å². The molecule has 0 saturated carbocycles. The average molecular weight is 503 g/mol. The molecule has 3 rings (SSSR count). The Bertz CT molecular complexity index is 1250. The zero-order valence-electron chi connectivity index (χ0n) is 21.0. The highest BCUT2D eigenvalue weighted by Gasteiger charge is 2.13. The van der Waals surface area contributed by atoms with E-state index in [2.05, 4.69) is 21.2 Å². The number of nitrogens with one attached hydrogen (secondary N) is 3. The molecule has 192 valence electrons. The molecule has 0 aliphatic heterocycles. The lowest BCUT2D eigenvalue weighted by Gasteiger charge is -2.13. The normalized spacial score (nSPS) is 10.6. The lowest BCUT2D eigenvalue weighted by molar-refractivity contribution is -0.139. The van der Waals surface area contributed by atoms with Gasteiger partial charge in [0.15, 0.2) is 18.1 Å². The van der Waals surface area contributed by atoms with E-state index >= 15 is 0 Å². The van der Waals surface area contributed by atoms with E-state index < -0.39 is 11.8 Å². The molecule has 3 aromatic carbocycles. The molecule has 0 unspecified atom stereocenters. The average Bonchev–Trinajstić information content (AvgIpc) is 2.90. The third kappa shape index (κ3) is 8.21. The van der Waals surface area contributed by atoms with E-state index in [-0.39, 0.29) is 12.5 Å². The molecule has 3 N–H and O–H groups in total. The Balaban J connectivity index is 1.48. The summed E-state index contributed by atoms with van der Waals surface area (Å²) in [6, 6.07) is 20.4. The van der Waals surface area contributed by atoms with Crippen molar-refractivity contribution in [3.8, 4) is 11.5 Å². The van der Waals surface area contributed by atoms with Crippen molar-refractivity contribution in [1.29, 1.82) is 0 Å². The molecule has 9 nitrogen and oxygen atoms in total. The van der Waals surface area contributed by atoms with Crippen molar-refractivity contribution in [2.75, 3.05) is 25.6 Å². The molecule has 0 radical (unpaired) electrons. The van der Waals surface area contributed by atoms with Gasteiger partial charge in [0.2, 0.25) is 0 Å². The van der Waals surface area contributed by atoms with Gasteiger partial charge in [-0.15, -0.1) is 0 Å². The number of carbonyl (C=O) groups is 3. The monoisotopic (exact) mass is 502 g/mol. The van der Waals surface area contributed by atoms with Crippen LogP contribution in [0.5, 0.6) is 11.5 Å². The van der Waals surface area contributed by atoms with E-state index in [0.717, 1.165) is 22.4 Å². The third-order valence-corrected chi connectivity index (χ3v) is 5.42. The zero-order valence-corrected chi connectivity index (χ0v) is 21.0. The van der Waals surface area contributed by atoms with Gasteiger partial charge in [0.05, 0.1) is 13.3 Å². The maximum absolute atomic E-state index is 12.4. The molecule has 3 amide bonds. The smallest absolute Gasteiger partial charge is 0.329 e. The number of aryl methyl sites for hydroxylation is 2. The van der Waals surface area contributed by atoms with Crippen LogP contribution in [-0.2, 0) is 20.8 Å². The Morgan fingerprint density at radius 2 is 1.62 bits per heavy atom. The summed E-state index contributed by atoms with van der Waals surface area (Å²) in [6.07, 6.45) is 1.99. The molecule has 9 heteroatoms. The molecule has 0 aliphatic carbocycles. The Morgan fingerprint density at radius 1 is 0.892 bits per heavy atom. The minimum atomic E-state index is -0.869. The summed E-state index contributed by atoms with van der Waals surface area (Å²) in [7, 11) is 1.47. The molecule has 0 aliphatic rings. The molecular formula is C28H30N4O5. The van der Waals surface area contributed by atoms with Crippen LogP contribution in [-0.4, -0.2) is 44.2 Å². The zero-order chi connectivity index (χ0) is 26.6. The van der Waals surface area contributed by atoms with Crippen molar-refractivity contribution in [3.05, 3.63) is 89.0 Å². The van der Waals surface area contributed by atoms with Crippen molar-refractivity contribution in [2.24, 2.45) is 5.10 Å². The molecule has 0 fully saturated rings. The lowest BCUT2D eigenvalue weighted by Crippen LogP contribution is -2.38. The van der Waals surface area contributed by atoms with Crippen LogP contribution < -0.4 is 25.5 Å². The summed E-state index contributed by atoms with van der Waals surface area (Å²) in [5, 5.41) is 9.25. The van der Waals surface area contributed by atoms with Gasteiger partial charge in [0.25, 0.3) is 5.91 Å². The number of methoxy groups -OCH3 is 1. The largest absolute Gasteiger partial charge is 0.493 e. The highest BCUT2D eigenvalue weighted by Crippen LogP contribution is 2.27. The summed E-state index contributed by atoms with van der Waals surface area (Å²) in [4.78, 5) is 36.3. The maximum atomic E-state index is 12.4. The number of hydrogen-bond donors (Lipinski definition) is 3. The van der Waals surface area contributed by atoms with Gasteiger partial charge in [-0.3, -0.25) is 14.4 Å². The quantitative estimate of drug-likeness (QED) is 0.224. The Hall–Kier alpha value is -4.66. The second kappa shape index (κ2) is 13.4. The van der Waals surface area contributed by atoms with Crippen LogP contribution in [0.2, 0.25) is 0 Å². The molecular weight excluding hydrogens is 472 g/mol. The standard InChI is InChI=1S/C28H30N4O5/c1-19-8-7-9-20(2)26(19)31-25(33)18-37-23-13-12-22(16-24(23)36-3)17-30-32-28(35)27(34)29-15-14-21-10-5-4-6-11-21/h4-13,16-17H,14-15,18H2,1-3H3,(H,29,34)(H,31,33)(H,32,35)/b30-17-. The van der Waals surface area contributed by atoms with Gasteiger partial charge in [0, 0.05) is 12.2 Å². The first kappa shape index (κ1) is 26.9. The van der Waals surface area contributed by atoms with Crippen molar-refractivity contribution >= 4 is 29.6 Å². The number of para-hydroxylation sites is 1. The SMILES string of the molecule is COc1cc(/C=N\NC(=O)C(=O)NCCc2ccccc2)ccc1OCC(=O)Nc1c(C)cccc1C. The number of benzene rings is 3. The van der Waals surface area contributed by atoms with Gasteiger partial charge in [-0.1, -0.05) is 48.5 Å². The number of hydrogen-bond acceptors (Lipinski definition) is 6. The Labute approximate surface area is 215 Å². The van der Waals surface area contributed by atoms with Crippen LogP contribution in [0.3, 0.4) is 0 Å². The molecule has 0 aromatic heterocycles. The molecule has 37 heavy (non-hydrogen) atoms. The van der Waals surface area contributed by atoms with Crippen LogP contribution in [0.25, 0.3) is 0 Å². The Kier molecular flexibility index (Phi) is 9.78. The second-order valence-corrected chi connectivity index (χ2v) is 8.20. The van der Waals surface area contributed by atoms with Crippen LogP contribution >= 0.6 is 0 Å². The molecule has 0 heterocycles. The Morgan fingerprint density at radius 3 is 2.32 bits per heavy atom. The topological polar surface area (TPSA) is 118 Å². The van der Waals surface area contributed by atoms with Gasteiger partial charge < -0.3 is 20.1 Å². The van der Waals surface area contributed by atoms with E-state index in [9.17, 15) is 14.4 Å². The highest BCUT2D eigenvalue weighted by atomic mass is 16.5. The first-order chi connectivity index (χ1) is 17.9. The van der Waals surface area contributed by atoms with Gasteiger partial charge >= 0.3 is 11.8 Å². The van der Waals surface area contributed by atoms with E-state index in [0.29, 0.717) is 30.0 Å². The number of nitrogens with zero attached hydrogens (tertiary/aromatic N) is 1.